The third kappa shape index (κ3) is 2.13. The molecule has 2 unspecified atom stereocenters. The van der Waals surface area contributed by atoms with E-state index in [0.717, 1.165) is 24.3 Å². The molecule has 0 saturated heterocycles. The standard InChI is InChI=1S/C10H16N2O2/c1-7-5-8(12-14-7)6-13-10-4-2-3-9(10)11/h5,9-10H,2-4,6,11H2,1H3. The lowest BCUT2D eigenvalue weighted by atomic mass is 10.2. The van der Waals surface area contributed by atoms with Gasteiger partial charge < -0.3 is 15.0 Å². The molecule has 14 heavy (non-hydrogen) atoms. The number of aryl methyl sites for hydroxylation is 1. The van der Waals surface area contributed by atoms with Crippen molar-refractivity contribution in [1.29, 1.82) is 0 Å². The third-order valence-corrected chi connectivity index (χ3v) is 2.63. The first-order chi connectivity index (χ1) is 6.75. The molecular formula is C10H16N2O2. The molecule has 1 saturated carbocycles. The van der Waals surface area contributed by atoms with Gasteiger partial charge in [0.15, 0.2) is 0 Å². The average molecular weight is 196 g/mol. The van der Waals surface area contributed by atoms with Crippen molar-refractivity contribution in [2.75, 3.05) is 0 Å². The van der Waals surface area contributed by atoms with Crippen LogP contribution in [0.25, 0.3) is 0 Å². The Morgan fingerprint density at radius 2 is 2.50 bits per heavy atom. The van der Waals surface area contributed by atoms with Gasteiger partial charge in [0.2, 0.25) is 0 Å². The molecule has 1 aliphatic rings. The summed E-state index contributed by atoms with van der Waals surface area (Å²) >= 11 is 0. The maximum atomic E-state index is 5.88. The molecular weight excluding hydrogens is 180 g/mol. The summed E-state index contributed by atoms with van der Waals surface area (Å²) in [5, 5.41) is 3.86. The van der Waals surface area contributed by atoms with E-state index in [1.807, 2.05) is 13.0 Å². The molecule has 1 aromatic heterocycles. The minimum Gasteiger partial charge on any atom is -0.370 e. The van der Waals surface area contributed by atoms with Crippen molar-refractivity contribution in [2.24, 2.45) is 5.73 Å². The highest BCUT2D eigenvalue weighted by molar-refractivity contribution is 5.02. The van der Waals surface area contributed by atoms with Crippen LogP contribution in [0.4, 0.5) is 0 Å². The number of aromatic nitrogens is 1. The molecule has 2 atom stereocenters. The first kappa shape index (κ1) is 9.68. The van der Waals surface area contributed by atoms with Crippen molar-refractivity contribution in [3.8, 4) is 0 Å². The van der Waals surface area contributed by atoms with Gasteiger partial charge in [-0.3, -0.25) is 0 Å². The molecule has 0 spiro atoms. The third-order valence-electron chi connectivity index (χ3n) is 2.63. The molecule has 1 aromatic rings. The molecule has 0 amide bonds. The summed E-state index contributed by atoms with van der Waals surface area (Å²) in [4.78, 5) is 0. The number of nitrogens with zero attached hydrogens (tertiary/aromatic N) is 1. The molecule has 1 aliphatic carbocycles. The lowest BCUT2D eigenvalue weighted by Gasteiger charge is -2.14. The van der Waals surface area contributed by atoms with Crippen LogP contribution >= 0.6 is 0 Å². The summed E-state index contributed by atoms with van der Waals surface area (Å²) in [5.74, 6) is 0.819. The van der Waals surface area contributed by atoms with Crippen LogP contribution in [0.3, 0.4) is 0 Å². The monoisotopic (exact) mass is 196 g/mol. The highest BCUT2D eigenvalue weighted by atomic mass is 16.5. The van der Waals surface area contributed by atoms with E-state index >= 15 is 0 Å². The van der Waals surface area contributed by atoms with Crippen molar-refractivity contribution in [3.05, 3.63) is 17.5 Å². The predicted octanol–water partition coefficient (Wildman–Crippen LogP) is 1.38. The fourth-order valence-corrected chi connectivity index (χ4v) is 1.84. The first-order valence-electron chi connectivity index (χ1n) is 5.05. The Morgan fingerprint density at radius 1 is 1.64 bits per heavy atom. The Bertz CT molecular complexity index is 298. The fourth-order valence-electron chi connectivity index (χ4n) is 1.84. The van der Waals surface area contributed by atoms with Gasteiger partial charge in [-0.1, -0.05) is 5.16 Å². The van der Waals surface area contributed by atoms with Gasteiger partial charge in [0, 0.05) is 12.1 Å². The molecule has 0 bridgehead atoms. The maximum Gasteiger partial charge on any atom is 0.134 e. The van der Waals surface area contributed by atoms with Gasteiger partial charge in [-0.15, -0.1) is 0 Å². The van der Waals surface area contributed by atoms with Gasteiger partial charge in [0.05, 0.1) is 12.7 Å². The molecule has 4 heteroatoms. The quantitative estimate of drug-likeness (QED) is 0.793. The molecule has 1 fully saturated rings. The van der Waals surface area contributed by atoms with Gasteiger partial charge in [0.1, 0.15) is 11.5 Å². The molecule has 78 valence electrons. The second-order valence-electron chi connectivity index (χ2n) is 3.87. The van der Waals surface area contributed by atoms with Crippen LogP contribution in [0.5, 0.6) is 0 Å². The zero-order valence-corrected chi connectivity index (χ0v) is 8.40. The zero-order valence-electron chi connectivity index (χ0n) is 8.40. The summed E-state index contributed by atoms with van der Waals surface area (Å²) in [5.41, 5.74) is 6.73. The van der Waals surface area contributed by atoms with Gasteiger partial charge in [-0.25, -0.2) is 0 Å². The Labute approximate surface area is 83.4 Å². The lowest BCUT2D eigenvalue weighted by molar-refractivity contribution is 0.0326. The Morgan fingerprint density at radius 3 is 3.07 bits per heavy atom. The molecule has 4 nitrogen and oxygen atoms in total. The van der Waals surface area contributed by atoms with Crippen LogP contribution in [0, 0.1) is 6.92 Å². The molecule has 2 rings (SSSR count). The summed E-state index contributed by atoms with van der Waals surface area (Å²) in [7, 11) is 0. The second kappa shape index (κ2) is 4.11. The lowest BCUT2D eigenvalue weighted by Crippen LogP contribution is -2.31. The maximum absolute atomic E-state index is 5.88. The van der Waals surface area contributed by atoms with E-state index in [1.54, 1.807) is 0 Å². The van der Waals surface area contributed by atoms with Crippen molar-refractivity contribution in [2.45, 2.75) is 44.9 Å². The van der Waals surface area contributed by atoms with Crippen molar-refractivity contribution in [3.63, 3.8) is 0 Å². The van der Waals surface area contributed by atoms with E-state index in [0.29, 0.717) is 6.61 Å². The fraction of sp³-hybridized carbons (Fsp3) is 0.700. The zero-order chi connectivity index (χ0) is 9.97. The van der Waals surface area contributed by atoms with E-state index in [9.17, 15) is 0 Å². The SMILES string of the molecule is Cc1cc(COC2CCCC2N)no1. The average Bonchev–Trinajstić information content (AvgIpc) is 2.72. The van der Waals surface area contributed by atoms with Crippen molar-refractivity contribution < 1.29 is 9.26 Å². The Balaban J connectivity index is 1.82. The summed E-state index contributed by atoms with van der Waals surface area (Å²) in [6, 6.07) is 2.09. The van der Waals surface area contributed by atoms with Crippen molar-refractivity contribution >= 4 is 0 Å². The van der Waals surface area contributed by atoms with Crippen LogP contribution in [0.15, 0.2) is 10.6 Å². The Kier molecular flexibility index (Phi) is 2.84. The summed E-state index contributed by atoms with van der Waals surface area (Å²) in [6.07, 6.45) is 3.51. The first-order valence-corrected chi connectivity index (χ1v) is 5.05. The number of nitrogens with two attached hydrogens (primary N) is 1. The summed E-state index contributed by atoms with van der Waals surface area (Å²) in [6.45, 7) is 2.38. The number of hydrogen-bond donors (Lipinski definition) is 1. The van der Waals surface area contributed by atoms with Crippen molar-refractivity contribution in [1.82, 2.24) is 5.16 Å². The van der Waals surface area contributed by atoms with E-state index in [1.165, 1.54) is 6.42 Å². The normalized spacial score (nSPS) is 27.0. The topological polar surface area (TPSA) is 61.3 Å². The van der Waals surface area contributed by atoms with E-state index in [2.05, 4.69) is 5.16 Å². The van der Waals surface area contributed by atoms with E-state index in [-0.39, 0.29) is 12.1 Å². The molecule has 0 aliphatic heterocycles. The van der Waals surface area contributed by atoms with Crippen LogP contribution in [0.1, 0.15) is 30.7 Å². The molecule has 0 aromatic carbocycles. The second-order valence-corrected chi connectivity index (χ2v) is 3.87. The summed E-state index contributed by atoms with van der Waals surface area (Å²) < 4.78 is 10.6. The van der Waals surface area contributed by atoms with Crippen LogP contribution in [-0.4, -0.2) is 17.3 Å². The van der Waals surface area contributed by atoms with Crippen LogP contribution in [-0.2, 0) is 11.3 Å². The van der Waals surface area contributed by atoms with Gasteiger partial charge in [0.25, 0.3) is 0 Å². The smallest absolute Gasteiger partial charge is 0.134 e. The number of hydrogen-bond acceptors (Lipinski definition) is 4. The number of rotatable bonds is 3. The van der Waals surface area contributed by atoms with E-state index < -0.39 is 0 Å². The van der Waals surface area contributed by atoms with Crippen LogP contribution < -0.4 is 5.73 Å². The molecule has 1 heterocycles. The van der Waals surface area contributed by atoms with Gasteiger partial charge >= 0.3 is 0 Å². The molecule has 2 N–H and O–H groups in total. The highest BCUT2D eigenvalue weighted by Crippen LogP contribution is 2.21. The minimum absolute atomic E-state index is 0.197. The predicted molar refractivity (Wildman–Crippen MR) is 51.6 cm³/mol. The minimum atomic E-state index is 0.197. The highest BCUT2D eigenvalue weighted by Gasteiger charge is 2.24. The van der Waals surface area contributed by atoms with Gasteiger partial charge in [-0.2, -0.15) is 0 Å². The van der Waals surface area contributed by atoms with E-state index in [4.69, 9.17) is 15.0 Å². The van der Waals surface area contributed by atoms with Gasteiger partial charge in [-0.05, 0) is 26.2 Å². The Hall–Kier alpha value is -0.870. The van der Waals surface area contributed by atoms with Crippen LogP contribution in [0.2, 0.25) is 0 Å². The molecule has 0 radical (unpaired) electrons. The number of ether oxygens (including phenoxy) is 1. The largest absolute Gasteiger partial charge is 0.370 e.